The van der Waals surface area contributed by atoms with Crippen LogP contribution in [0.5, 0.6) is 0 Å². The Bertz CT molecular complexity index is 554. The van der Waals surface area contributed by atoms with Gasteiger partial charge in [0.05, 0.1) is 16.7 Å². The molecule has 0 spiro atoms. The van der Waals surface area contributed by atoms with Crippen molar-refractivity contribution in [2.24, 2.45) is 5.73 Å². The molecular weight excluding hydrogens is 260 g/mol. The van der Waals surface area contributed by atoms with E-state index in [4.69, 9.17) is 10.3 Å². The second-order valence-corrected chi connectivity index (χ2v) is 6.47. The van der Waals surface area contributed by atoms with Crippen LogP contribution in [0.25, 0.3) is 10.8 Å². The fourth-order valence-electron chi connectivity index (χ4n) is 2.57. The molecule has 0 bridgehead atoms. The normalized spacial score (nSPS) is 19.3. The van der Waals surface area contributed by atoms with E-state index in [9.17, 15) is 0 Å². The molecule has 0 atom stereocenters. The molecule has 102 valence electrons. The molecule has 1 fully saturated rings. The summed E-state index contributed by atoms with van der Waals surface area (Å²) < 4.78 is 5.35. The van der Waals surface area contributed by atoms with Gasteiger partial charge in [-0.2, -0.15) is 4.98 Å². The van der Waals surface area contributed by atoms with Gasteiger partial charge in [-0.3, -0.25) is 0 Å². The Balaban J connectivity index is 1.87. The largest absolute Gasteiger partial charge is 0.333 e. The van der Waals surface area contributed by atoms with E-state index in [2.05, 4.69) is 15.1 Å². The van der Waals surface area contributed by atoms with Crippen LogP contribution in [0.3, 0.4) is 0 Å². The van der Waals surface area contributed by atoms with Crippen molar-refractivity contribution in [2.45, 2.75) is 51.0 Å². The maximum atomic E-state index is 6.48. The fourth-order valence-corrected chi connectivity index (χ4v) is 3.27. The molecule has 3 rings (SSSR count). The molecule has 0 aromatic carbocycles. The molecule has 1 saturated carbocycles. The molecular formula is C13H18N4OS. The van der Waals surface area contributed by atoms with Gasteiger partial charge in [-0.15, -0.1) is 11.3 Å². The minimum atomic E-state index is -0.419. The lowest BCUT2D eigenvalue weighted by Crippen LogP contribution is -2.37. The summed E-state index contributed by atoms with van der Waals surface area (Å²) in [6, 6.07) is 0. The molecule has 1 aliphatic rings. The van der Waals surface area contributed by atoms with E-state index in [0.29, 0.717) is 11.7 Å². The number of rotatable bonds is 2. The van der Waals surface area contributed by atoms with E-state index < -0.39 is 5.54 Å². The SMILES string of the molecule is Cc1ncc(-c2nc(C3(N)CCCCCC3)no2)s1. The molecule has 6 heteroatoms. The van der Waals surface area contributed by atoms with Crippen molar-refractivity contribution in [3.05, 3.63) is 17.0 Å². The van der Waals surface area contributed by atoms with E-state index in [1.165, 1.54) is 12.8 Å². The number of hydrogen-bond acceptors (Lipinski definition) is 6. The van der Waals surface area contributed by atoms with Gasteiger partial charge in [0.15, 0.2) is 5.82 Å². The summed E-state index contributed by atoms with van der Waals surface area (Å²) in [5.74, 6) is 1.19. The van der Waals surface area contributed by atoms with Crippen molar-refractivity contribution in [2.75, 3.05) is 0 Å². The van der Waals surface area contributed by atoms with Crippen molar-refractivity contribution in [3.63, 3.8) is 0 Å². The Kier molecular flexibility index (Phi) is 3.36. The second kappa shape index (κ2) is 5.02. The van der Waals surface area contributed by atoms with Crippen molar-refractivity contribution in [1.82, 2.24) is 15.1 Å². The van der Waals surface area contributed by atoms with Gasteiger partial charge in [-0.1, -0.05) is 30.8 Å². The van der Waals surface area contributed by atoms with E-state index >= 15 is 0 Å². The van der Waals surface area contributed by atoms with Gasteiger partial charge in [-0.25, -0.2) is 4.98 Å². The quantitative estimate of drug-likeness (QED) is 0.854. The summed E-state index contributed by atoms with van der Waals surface area (Å²) in [7, 11) is 0. The zero-order chi connectivity index (χ0) is 13.3. The Morgan fingerprint density at radius 3 is 2.63 bits per heavy atom. The van der Waals surface area contributed by atoms with Gasteiger partial charge in [0.25, 0.3) is 5.89 Å². The molecule has 2 aromatic rings. The number of nitrogens with zero attached hydrogens (tertiary/aromatic N) is 3. The smallest absolute Gasteiger partial charge is 0.269 e. The van der Waals surface area contributed by atoms with Crippen LogP contribution in [0.15, 0.2) is 10.7 Å². The maximum Gasteiger partial charge on any atom is 0.269 e. The molecule has 0 saturated heterocycles. The van der Waals surface area contributed by atoms with Gasteiger partial charge in [-0.05, 0) is 19.8 Å². The lowest BCUT2D eigenvalue weighted by atomic mass is 9.91. The standard InChI is InChI=1S/C13H18N4OS/c1-9-15-8-10(19-9)11-16-12(17-18-11)13(14)6-4-2-3-5-7-13/h8H,2-7,14H2,1H3. The molecule has 2 heterocycles. The van der Waals surface area contributed by atoms with E-state index in [1.54, 1.807) is 17.5 Å². The number of aryl methyl sites for hydroxylation is 1. The second-order valence-electron chi connectivity index (χ2n) is 5.24. The highest BCUT2D eigenvalue weighted by molar-refractivity contribution is 7.14. The summed E-state index contributed by atoms with van der Waals surface area (Å²) in [5.41, 5.74) is 6.06. The minimum Gasteiger partial charge on any atom is -0.333 e. The van der Waals surface area contributed by atoms with Crippen LogP contribution in [-0.4, -0.2) is 15.1 Å². The van der Waals surface area contributed by atoms with Crippen LogP contribution in [0.2, 0.25) is 0 Å². The summed E-state index contributed by atoms with van der Waals surface area (Å²) in [6.45, 7) is 1.96. The minimum absolute atomic E-state index is 0.419. The first-order chi connectivity index (χ1) is 9.17. The third-order valence-electron chi connectivity index (χ3n) is 3.70. The van der Waals surface area contributed by atoms with Crippen LogP contribution in [-0.2, 0) is 5.54 Å². The molecule has 2 aromatic heterocycles. The summed E-state index contributed by atoms with van der Waals surface area (Å²) in [5, 5.41) is 5.10. The third kappa shape index (κ3) is 2.55. The Morgan fingerprint density at radius 2 is 2.00 bits per heavy atom. The van der Waals surface area contributed by atoms with Gasteiger partial charge in [0.1, 0.15) is 4.88 Å². The lowest BCUT2D eigenvalue weighted by molar-refractivity contribution is 0.334. The average Bonchev–Trinajstić information content (AvgIpc) is 2.97. The van der Waals surface area contributed by atoms with Crippen molar-refractivity contribution < 1.29 is 4.52 Å². The monoisotopic (exact) mass is 278 g/mol. The molecule has 19 heavy (non-hydrogen) atoms. The summed E-state index contributed by atoms with van der Waals surface area (Å²) in [6.07, 6.45) is 8.42. The van der Waals surface area contributed by atoms with Crippen LogP contribution in [0.4, 0.5) is 0 Å². The van der Waals surface area contributed by atoms with Gasteiger partial charge >= 0.3 is 0 Å². The van der Waals surface area contributed by atoms with E-state index in [1.807, 2.05) is 6.92 Å². The van der Waals surface area contributed by atoms with Crippen LogP contribution >= 0.6 is 11.3 Å². The van der Waals surface area contributed by atoms with Gasteiger partial charge < -0.3 is 10.3 Å². The molecule has 0 radical (unpaired) electrons. The van der Waals surface area contributed by atoms with Crippen molar-refractivity contribution in [1.29, 1.82) is 0 Å². The van der Waals surface area contributed by atoms with E-state index in [0.717, 1.165) is 35.6 Å². The molecule has 0 unspecified atom stereocenters. The molecule has 0 aliphatic heterocycles. The Morgan fingerprint density at radius 1 is 1.26 bits per heavy atom. The van der Waals surface area contributed by atoms with Crippen LogP contribution < -0.4 is 5.73 Å². The highest BCUT2D eigenvalue weighted by Crippen LogP contribution is 2.33. The summed E-state index contributed by atoms with van der Waals surface area (Å²) >= 11 is 1.56. The van der Waals surface area contributed by atoms with E-state index in [-0.39, 0.29) is 0 Å². The number of thiazole rings is 1. The first kappa shape index (κ1) is 12.7. The zero-order valence-electron chi connectivity index (χ0n) is 11.1. The maximum absolute atomic E-state index is 6.48. The Hall–Kier alpha value is -1.27. The number of hydrogen-bond donors (Lipinski definition) is 1. The topological polar surface area (TPSA) is 77.8 Å². The predicted octanol–water partition coefficient (Wildman–Crippen LogP) is 3.01. The van der Waals surface area contributed by atoms with Gasteiger partial charge in [0.2, 0.25) is 0 Å². The molecule has 1 aliphatic carbocycles. The Labute approximate surface area is 116 Å². The predicted molar refractivity (Wildman–Crippen MR) is 73.7 cm³/mol. The summed E-state index contributed by atoms with van der Waals surface area (Å²) in [4.78, 5) is 9.62. The first-order valence-corrected chi connectivity index (χ1v) is 7.55. The highest BCUT2D eigenvalue weighted by Gasteiger charge is 2.33. The fraction of sp³-hybridized carbons (Fsp3) is 0.615. The van der Waals surface area contributed by atoms with Crippen molar-refractivity contribution >= 4 is 11.3 Å². The number of nitrogens with two attached hydrogens (primary N) is 1. The van der Waals surface area contributed by atoms with Crippen LogP contribution in [0.1, 0.15) is 49.4 Å². The zero-order valence-corrected chi connectivity index (χ0v) is 11.9. The third-order valence-corrected chi connectivity index (χ3v) is 4.60. The van der Waals surface area contributed by atoms with Crippen LogP contribution in [0, 0.1) is 6.92 Å². The highest BCUT2D eigenvalue weighted by atomic mass is 32.1. The molecule has 0 amide bonds. The van der Waals surface area contributed by atoms with Crippen molar-refractivity contribution in [3.8, 4) is 10.8 Å². The lowest BCUT2D eigenvalue weighted by Gasteiger charge is -2.23. The molecule has 2 N–H and O–H groups in total. The average molecular weight is 278 g/mol. The van der Waals surface area contributed by atoms with Gasteiger partial charge in [0, 0.05) is 0 Å². The first-order valence-electron chi connectivity index (χ1n) is 6.73. The molecule has 5 nitrogen and oxygen atoms in total. The number of aromatic nitrogens is 3.